The molecule has 4 amide bonds. The molecule has 4 fully saturated rings. The number of methoxy groups -OCH3 is 2. The molecule has 16 heterocycles. The van der Waals surface area contributed by atoms with Gasteiger partial charge < -0.3 is 63.9 Å². The monoisotopic (exact) mass is 1790 g/mol. The van der Waals surface area contributed by atoms with Gasteiger partial charge in [0, 0.05) is 170 Å². The number of carbonyl (C=O) groups excluding carboxylic acids is 4. The van der Waals surface area contributed by atoms with Crippen molar-refractivity contribution in [3.63, 3.8) is 0 Å². The van der Waals surface area contributed by atoms with Crippen LogP contribution in [0.1, 0.15) is 117 Å². The van der Waals surface area contributed by atoms with Crippen molar-refractivity contribution in [3.8, 4) is 45.0 Å². The van der Waals surface area contributed by atoms with Crippen LogP contribution >= 0.6 is 0 Å². The number of amides is 4. The molecule has 0 unspecified atom stereocenters. The van der Waals surface area contributed by atoms with E-state index in [9.17, 15) is 29.4 Å². The maximum Gasteiger partial charge on any atom is 0.229 e. The lowest BCUT2D eigenvalue weighted by Crippen LogP contribution is -2.15. The van der Waals surface area contributed by atoms with Crippen LogP contribution in [-0.2, 0) is 56.8 Å². The Balaban J connectivity index is 0.000000124. The lowest BCUT2D eigenvalue weighted by atomic mass is 10.0. The van der Waals surface area contributed by atoms with Gasteiger partial charge in [-0.05, 0) is 216 Å². The summed E-state index contributed by atoms with van der Waals surface area (Å²) in [4.78, 5) is 104. The average molecular weight is 1790 g/mol. The molecule has 36 heteroatoms. The van der Waals surface area contributed by atoms with Crippen LogP contribution in [0.2, 0.25) is 0 Å². The third-order valence-corrected chi connectivity index (χ3v) is 24.3. The zero-order chi connectivity index (χ0) is 94.5. The second-order valence-corrected chi connectivity index (χ2v) is 34.0. The highest BCUT2D eigenvalue weighted by atomic mass is 16.5. The highest BCUT2D eigenvalue weighted by Crippen LogP contribution is 2.51. The first kappa shape index (κ1) is 88.9. The summed E-state index contributed by atoms with van der Waals surface area (Å²) >= 11 is 0. The molecule has 4 aliphatic carbocycles. The number of aliphatic hydroxyl groups excluding tert-OH is 2. The van der Waals surface area contributed by atoms with E-state index < -0.39 is 0 Å². The Kier molecular flexibility index (Phi) is 24.2. The van der Waals surface area contributed by atoms with E-state index in [1.54, 1.807) is 107 Å². The summed E-state index contributed by atoms with van der Waals surface area (Å²) < 4.78 is 17.3. The number of carbonyl (C=O) groups is 4. The van der Waals surface area contributed by atoms with Gasteiger partial charge in [-0.3, -0.25) is 57.8 Å². The summed E-state index contributed by atoms with van der Waals surface area (Å²) in [6.45, 7) is 22.5. The van der Waals surface area contributed by atoms with Crippen LogP contribution in [0.4, 0.5) is 46.5 Å². The van der Waals surface area contributed by atoms with E-state index in [4.69, 9.17) is 32.4 Å². The van der Waals surface area contributed by atoms with Gasteiger partial charge in [-0.25, -0.2) is 39.9 Å². The minimum atomic E-state index is -0.0940. The fourth-order valence-corrected chi connectivity index (χ4v) is 16.5. The van der Waals surface area contributed by atoms with Gasteiger partial charge >= 0.3 is 0 Å². The fourth-order valence-electron chi connectivity index (χ4n) is 16.5. The quantitative estimate of drug-likeness (QED) is 0.0282. The topological polar surface area (TPSA) is 505 Å². The van der Waals surface area contributed by atoms with E-state index >= 15 is 0 Å². The highest BCUT2D eigenvalue weighted by molar-refractivity contribution is 6.03. The number of rotatable bonds is 22. The molecule has 0 bridgehead atoms. The summed E-state index contributed by atoms with van der Waals surface area (Å²) in [5.41, 5.74) is 40.9. The van der Waals surface area contributed by atoms with Gasteiger partial charge in [-0.2, -0.15) is 20.4 Å². The molecule has 0 aliphatic heterocycles. The van der Waals surface area contributed by atoms with E-state index in [1.807, 2.05) is 154 Å². The van der Waals surface area contributed by atoms with Gasteiger partial charge in [0.15, 0.2) is 0 Å². The Bertz CT molecular complexity index is 7050. The van der Waals surface area contributed by atoms with Gasteiger partial charge in [0.05, 0.1) is 61.8 Å². The zero-order valence-corrected chi connectivity index (χ0v) is 75.0. The average Bonchev–Trinajstić information content (AvgIpc) is 1.41. The number of nitrogens with two attached hydrogens (primary N) is 4. The number of aryl methyl sites for hydroxylation is 8. The van der Waals surface area contributed by atoms with E-state index in [0.717, 1.165) is 125 Å². The molecule has 0 saturated heterocycles. The minimum Gasteiger partial charge on any atom is -0.506 e. The smallest absolute Gasteiger partial charge is 0.229 e. The molecule has 134 heavy (non-hydrogen) atoms. The molecule has 0 spiro atoms. The van der Waals surface area contributed by atoms with E-state index in [-0.39, 0.29) is 82.5 Å². The predicted octanol–water partition coefficient (Wildman–Crippen LogP) is 14.5. The standard InChI is InChI=1S/2C25H25N7O2.2C24H23N7O2/c2*1-13-5-21(14(2)34-4)27-10-19(13)22-6-15-7-23(28-11-20(15)24(26)30-22)31-25(33)18-8-17(18)16-9-29-32(3)12-16;2*1-12-4-20(13(2)32)26-9-18(12)21-5-14-6-22(27-10-19(14)23(25)29-21)30-24(33)17-7-16(17)15-8-28-31(3)11-15/h2*5-7,9-12,17-18H,2,8H2,1,3-4H3,(H2,26,30)(H,28,31,33);2*4-6,8-11,16-17,32H,2,7H2,1,3H3,(H2,25,29)(H,27,30,33)/t2*17-,18+;2*16-,17+/m1010/s1. The maximum atomic E-state index is 12.8. The molecule has 8 atom stereocenters. The van der Waals surface area contributed by atoms with Crippen molar-refractivity contribution < 1.29 is 38.9 Å². The van der Waals surface area contributed by atoms with Crippen LogP contribution in [0.3, 0.4) is 0 Å². The Morgan fingerprint density at radius 3 is 0.761 bits per heavy atom. The zero-order valence-electron chi connectivity index (χ0n) is 75.0. The second-order valence-electron chi connectivity index (χ2n) is 34.0. The number of hydrogen-bond donors (Lipinski definition) is 10. The van der Waals surface area contributed by atoms with Crippen molar-refractivity contribution in [2.75, 3.05) is 58.4 Å². The minimum absolute atomic E-state index is 0.0445. The van der Waals surface area contributed by atoms with Crippen LogP contribution < -0.4 is 44.2 Å². The Morgan fingerprint density at radius 2 is 0.560 bits per heavy atom. The molecule has 4 aliphatic rings. The van der Waals surface area contributed by atoms with Gasteiger partial charge in [0.1, 0.15) is 92.4 Å². The number of nitrogen functional groups attached to an aromatic ring is 4. The first-order valence-corrected chi connectivity index (χ1v) is 42.8. The number of ether oxygens (including phenoxy) is 2. The molecule has 14 N–H and O–H groups in total. The molecule has 0 aromatic carbocycles. The predicted molar refractivity (Wildman–Crippen MR) is 514 cm³/mol. The largest absolute Gasteiger partial charge is 0.506 e. The summed E-state index contributed by atoms with van der Waals surface area (Å²) in [5, 5.41) is 53.8. The lowest BCUT2D eigenvalue weighted by molar-refractivity contribution is -0.118. The lowest BCUT2D eigenvalue weighted by Gasteiger charge is -2.11. The molecule has 4 saturated carbocycles. The third kappa shape index (κ3) is 19.2. The Labute approximate surface area is 768 Å². The number of hydrogen-bond acceptors (Lipinski definition) is 28. The molecule has 20 rings (SSSR count). The van der Waals surface area contributed by atoms with Gasteiger partial charge in [-0.15, -0.1) is 0 Å². The fraction of sp³-hybridized carbons (Fsp3) is 0.224. The molecule has 36 nitrogen and oxygen atoms in total. The summed E-state index contributed by atoms with van der Waals surface area (Å²) in [7, 11) is 10.6. The SMILES string of the molecule is C=C(O)c1cc(C)c(-c2cc3cc(NC(=O)[C@@H]4C[C@H]4c4cnn(C)c4)ncc3c(N)n2)cn1.C=C(O)c1cc(C)c(-c2cc3cc(NC(=O)[C@H]4C[C@@H]4c4cnn(C)c4)ncc3c(N)n2)cn1.C=C(OC)c1cc(C)c(-c2cc3cc(NC(=O)[C@@H]4C[C@H]4c4cnn(C)c4)ncc3c(N)n2)cn1.C=C(OC)c1cc(C)c(-c2cc3cc(NC(=O)[C@H]4C[C@@H]4c4cnn(C)c4)ncc3c(N)n2)cn1. The third-order valence-electron chi connectivity index (χ3n) is 24.3. The number of nitrogens with one attached hydrogen (secondary N) is 4. The number of pyridine rings is 12. The Hall–Kier alpha value is -17.1. The van der Waals surface area contributed by atoms with Gasteiger partial charge in [0.2, 0.25) is 23.6 Å². The van der Waals surface area contributed by atoms with E-state index in [2.05, 4.69) is 128 Å². The van der Waals surface area contributed by atoms with E-state index in [0.29, 0.717) is 114 Å². The number of aliphatic hydroxyl groups is 2. The van der Waals surface area contributed by atoms with Crippen molar-refractivity contribution >= 4 is 136 Å². The molecule has 0 radical (unpaired) electrons. The van der Waals surface area contributed by atoms with Crippen molar-refractivity contribution in [1.82, 2.24) is 98.9 Å². The maximum absolute atomic E-state index is 12.8. The number of aromatic nitrogens is 20. The Morgan fingerprint density at radius 1 is 0.336 bits per heavy atom. The number of fused-ring (bicyclic) bond motifs is 4. The molecular weight excluding hydrogens is 1700 g/mol. The molecule has 676 valence electrons. The first-order valence-electron chi connectivity index (χ1n) is 42.8. The van der Waals surface area contributed by atoms with Gasteiger partial charge in [0.25, 0.3) is 0 Å². The van der Waals surface area contributed by atoms with Crippen molar-refractivity contribution in [1.29, 1.82) is 0 Å². The molecular formula is C98H96N28O8. The summed E-state index contributed by atoms with van der Waals surface area (Å²) in [6.07, 6.45) is 31.5. The normalized spacial score (nSPS) is 17.0. The summed E-state index contributed by atoms with van der Waals surface area (Å²) in [6, 6.07) is 22.1. The van der Waals surface area contributed by atoms with Gasteiger partial charge in [-0.1, -0.05) is 26.3 Å². The highest BCUT2D eigenvalue weighted by Gasteiger charge is 2.48. The first-order chi connectivity index (χ1) is 64.3. The van der Waals surface area contributed by atoms with Crippen LogP contribution in [-0.4, -0.2) is 147 Å². The number of nitrogens with zero attached hydrogens (tertiary/aromatic N) is 20. The van der Waals surface area contributed by atoms with Crippen molar-refractivity contribution in [2.24, 2.45) is 51.9 Å². The summed E-state index contributed by atoms with van der Waals surface area (Å²) in [5.74, 6) is 4.34. The van der Waals surface area contributed by atoms with Crippen molar-refractivity contribution in [2.45, 2.75) is 77.0 Å². The number of anilines is 8. The molecule has 16 aromatic rings. The van der Waals surface area contributed by atoms with Crippen LogP contribution in [0.25, 0.3) is 111 Å². The molecule has 16 aromatic heterocycles. The second kappa shape index (κ2) is 36.5. The van der Waals surface area contributed by atoms with Crippen molar-refractivity contribution in [3.05, 3.63) is 266 Å². The van der Waals surface area contributed by atoms with Crippen LogP contribution in [0.5, 0.6) is 0 Å². The van der Waals surface area contributed by atoms with Crippen LogP contribution in [0.15, 0.2) is 198 Å². The van der Waals surface area contributed by atoms with E-state index in [1.165, 1.54) is 0 Å². The van der Waals surface area contributed by atoms with Crippen LogP contribution in [0, 0.1) is 51.4 Å².